The number of nitrogens with two attached hydrogens (primary N) is 1. The third kappa shape index (κ3) is 3.29. The van der Waals surface area contributed by atoms with Crippen molar-refractivity contribution in [2.45, 2.75) is 37.8 Å². The van der Waals surface area contributed by atoms with Crippen molar-refractivity contribution < 1.29 is 8.42 Å². The van der Waals surface area contributed by atoms with Gasteiger partial charge in [0.25, 0.3) is 0 Å². The van der Waals surface area contributed by atoms with Crippen LogP contribution in [0.3, 0.4) is 0 Å². The molecule has 0 aliphatic carbocycles. The summed E-state index contributed by atoms with van der Waals surface area (Å²) in [5, 5.41) is 0. The SMILES string of the molecule is CC1CN(C)CCCN1C1(CN)CCCS(=O)(=O)C1. The molecule has 2 N–H and O–H groups in total. The molecule has 112 valence electrons. The van der Waals surface area contributed by atoms with Crippen LogP contribution in [0.1, 0.15) is 26.2 Å². The molecule has 2 atom stereocenters. The maximum absolute atomic E-state index is 12.0. The minimum atomic E-state index is -2.94. The molecule has 0 saturated carbocycles. The second-order valence-corrected chi connectivity index (χ2v) is 8.47. The first kappa shape index (κ1) is 15.2. The average Bonchev–Trinajstić information content (AvgIpc) is 2.49. The third-order valence-corrected chi connectivity index (χ3v) is 6.51. The van der Waals surface area contributed by atoms with E-state index in [1.54, 1.807) is 0 Å². The van der Waals surface area contributed by atoms with Crippen LogP contribution in [0, 0.1) is 0 Å². The molecule has 0 spiro atoms. The van der Waals surface area contributed by atoms with Crippen LogP contribution in [0.15, 0.2) is 0 Å². The maximum Gasteiger partial charge on any atom is 0.152 e. The first-order valence-corrected chi connectivity index (χ1v) is 9.06. The molecular formula is C13H27N3O2S. The molecule has 0 radical (unpaired) electrons. The second-order valence-electron chi connectivity index (χ2n) is 6.28. The maximum atomic E-state index is 12.0. The number of hydrogen-bond acceptors (Lipinski definition) is 5. The predicted molar refractivity (Wildman–Crippen MR) is 78.0 cm³/mol. The molecule has 2 heterocycles. The van der Waals surface area contributed by atoms with Crippen LogP contribution in [-0.4, -0.2) is 74.5 Å². The Hall–Kier alpha value is -0.170. The highest BCUT2D eigenvalue weighted by Gasteiger charge is 2.44. The minimum Gasteiger partial charge on any atom is -0.329 e. The van der Waals surface area contributed by atoms with Gasteiger partial charge in [-0.3, -0.25) is 4.90 Å². The van der Waals surface area contributed by atoms with Crippen molar-refractivity contribution in [1.82, 2.24) is 9.80 Å². The van der Waals surface area contributed by atoms with Crippen LogP contribution in [-0.2, 0) is 9.84 Å². The van der Waals surface area contributed by atoms with Gasteiger partial charge in [0.1, 0.15) is 0 Å². The Balaban J connectivity index is 2.24. The first-order chi connectivity index (χ1) is 8.88. The molecular weight excluding hydrogens is 262 g/mol. The molecule has 0 aromatic rings. The smallest absolute Gasteiger partial charge is 0.152 e. The van der Waals surface area contributed by atoms with Gasteiger partial charge in [0.15, 0.2) is 9.84 Å². The lowest BCUT2D eigenvalue weighted by atomic mass is 9.91. The van der Waals surface area contributed by atoms with Gasteiger partial charge in [-0.1, -0.05) is 0 Å². The summed E-state index contributed by atoms with van der Waals surface area (Å²) in [5.41, 5.74) is 5.69. The van der Waals surface area contributed by atoms with E-state index in [-0.39, 0.29) is 11.3 Å². The summed E-state index contributed by atoms with van der Waals surface area (Å²) in [6.45, 7) is 5.66. The molecule has 2 aliphatic heterocycles. The van der Waals surface area contributed by atoms with E-state index >= 15 is 0 Å². The van der Waals surface area contributed by atoms with Crippen molar-refractivity contribution in [3.05, 3.63) is 0 Å². The van der Waals surface area contributed by atoms with Gasteiger partial charge >= 0.3 is 0 Å². The molecule has 0 aromatic carbocycles. The van der Waals surface area contributed by atoms with Gasteiger partial charge in [0.05, 0.1) is 11.5 Å². The van der Waals surface area contributed by atoms with E-state index in [2.05, 4.69) is 23.8 Å². The largest absolute Gasteiger partial charge is 0.329 e. The Bertz CT molecular complexity index is 412. The van der Waals surface area contributed by atoms with Crippen molar-refractivity contribution in [2.75, 3.05) is 44.7 Å². The molecule has 0 bridgehead atoms. The number of sulfone groups is 1. The molecule has 2 rings (SSSR count). The molecule has 0 aromatic heterocycles. The Morgan fingerprint density at radius 3 is 2.68 bits per heavy atom. The van der Waals surface area contributed by atoms with E-state index in [9.17, 15) is 8.42 Å². The topological polar surface area (TPSA) is 66.6 Å². The van der Waals surface area contributed by atoms with Crippen LogP contribution in [0.2, 0.25) is 0 Å². The van der Waals surface area contributed by atoms with Crippen molar-refractivity contribution in [1.29, 1.82) is 0 Å². The van der Waals surface area contributed by atoms with Gasteiger partial charge in [-0.2, -0.15) is 0 Å². The molecule has 2 fully saturated rings. The highest BCUT2D eigenvalue weighted by molar-refractivity contribution is 7.91. The summed E-state index contributed by atoms with van der Waals surface area (Å²) in [6.07, 6.45) is 2.75. The van der Waals surface area contributed by atoms with Gasteiger partial charge in [0.2, 0.25) is 0 Å². The van der Waals surface area contributed by atoms with E-state index in [4.69, 9.17) is 5.73 Å². The fourth-order valence-electron chi connectivity index (χ4n) is 3.76. The third-order valence-electron chi connectivity index (χ3n) is 4.62. The van der Waals surface area contributed by atoms with Gasteiger partial charge < -0.3 is 10.6 Å². The van der Waals surface area contributed by atoms with Crippen LogP contribution < -0.4 is 5.73 Å². The molecule has 2 saturated heterocycles. The van der Waals surface area contributed by atoms with Gasteiger partial charge in [0, 0.05) is 31.2 Å². The summed E-state index contributed by atoms with van der Waals surface area (Å²) in [5.74, 6) is 0.571. The summed E-state index contributed by atoms with van der Waals surface area (Å²) in [7, 11) is -0.804. The monoisotopic (exact) mass is 289 g/mol. The zero-order valence-corrected chi connectivity index (χ0v) is 13.0. The van der Waals surface area contributed by atoms with Crippen molar-refractivity contribution in [3.8, 4) is 0 Å². The van der Waals surface area contributed by atoms with Crippen molar-refractivity contribution in [3.63, 3.8) is 0 Å². The van der Waals surface area contributed by atoms with Gasteiger partial charge in [-0.25, -0.2) is 8.42 Å². The molecule has 2 unspecified atom stereocenters. The van der Waals surface area contributed by atoms with Crippen molar-refractivity contribution >= 4 is 9.84 Å². The van der Waals surface area contributed by atoms with Crippen LogP contribution >= 0.6 is 0 Å². The molecule has 19 heavy (non-hydrogen) atoms. The highest BCUT2D eigenvalue weighted by atomic mass is 32.2. The van der Waals surface area contributed by atoms with Gasteiger partial charge in [-0.15, -0.1) is 0 Å². The highest BCUT2D eigenvalue weighted by Crippen LogP contribution is 2.31. The normalized spacial score (nSPS) is 37.9. The molecule has 0 amide bonds. The summed E-state index contributed by atoms with van der Waals surface area (Å²) in [6, 6.07) is 0.365. The standard InChI is InChI=1S/C13H27N3O2S/c1-12-9-15(2)6-4-7-16(12)13(10-14)5-3-8-19(17,18)11-13/h12H,3-11,14H2,1-2H3. The minimum absolute atomic E-state index is 0.241. The van der Waals surface area contributed by atoms with Crippen LogP contribution in [0.4, 0.5) is 0 Å². The van der Waals surface area contributed by atoms with E-state index in [0.717, 1.165) is 38.9 Å². The first-order valence-electron chi connectivity index (χ1n) is 7.24. The molecule has 5 nitrogen and oxygen atoms in total. The lowest BCUT2D eigenvalue weighted by Gasteiger charge is -2.48. The van der Waals surface area contributed by atoms with E-state index < -0.39 is 9.84 Å². The number of hydrogen-bond donors (Lipinski definition) is 1. The molecule has 2 aliphatic rings. The summed E-state index contributed by atoms with van der Waals surface area (Å²) >= 11 is 0. The predicted octanol–water partition coefficient (Wildman–Crippen LogP) is -0.0815. The average molecular weight is 289 g/mol. The zero-order chi connectivity index (χ0) is 14.1. The second kappa shape index (κ2) is 5.68. The number of nitrogens with zero attached hydrogens (tertiary/aromatic N) is 2. The number of rotatable bonds is 2. The Kier molecular flexibility index (Phi) is 4.55. The molecule has 6 heteroatoms. The van der Waals surface area contributed by atoms with E-state index in [1.807, 2.05) is 0 Å². The Labute approximate surface area is 117 Å². The lowest BCUT2D eigenvalue weighted by molar-refractivity contribution is 0.0625. The van der Waals surface area contributed by atoms with E-state index in [1.165, 1.54) is 0 Å². The quantitative estimate of drug-likeness (QED) is 0.770. The van der Waals surface area contributed by atoms with E-state index in [0.29, 0.717) is 18.3 Å². The Morgan fingerprint density at radius 1 is 1.32 bits per heavy atom. The Morgan fingerprint density at radius 2 is 2.05 bits per heavy atom. The van der Waals surface area contributed by atoms with Crippen LogP contribution in [0.5, 0.6) is 0 Å². The van der Waals surface area contributed by atoms with Crippen LogP contribution in [0.25, 0.3) is 0 Å². The lowest BCUT2D eigenvalue weighted by Crippen LogP contribution is -2.63. The summed E-state index contributed by atoms with van der Waals surface area (Å²) in [4.78, 5) is 4.71. The van der Waals surface area contributed by atoms with Crippen molar-refractivity contribution in [2.24, 2.45) is 5.73 Å². The fourth-order valence-corrected chi connectivity index (χ4v) is 5.73. The number of likely N-dealkylation sites (N-methyl/N-ethyl adjacent to an activating group) is 1. The fraction of sp³-hybridized carbons (Fsp3) is 1.00. The zero-order valence-electron chi connectivity index (χ0n) is 12.1. The summed E-state index contributed by atoms with van der Waals surface area (Å²) < 4.78 is 24.1. The van der Waals surface area contributed by atoms with Gasteiger partial charge in [-0.05, 0) is 39.8 Å².